The molecular weight excluding hydrogens is 797 g/mol. The normalized spacial score (nSPS) is 16.5. The molecule has 2 aliphatic carbocycles. The summed E-state index contributed by atoms with van der Waals surface area (Å²) in [5.74, 6) is 12.1. The van der Waals surface area contributed by atoms with E-state index in [-0.39, 0.29) is 16.3 Å². The van der Waals surface area contributed by atoms with Crippen molar-refractivity contribution >= 4 is 38.8 Å². The Morgan fingerprint density at radius 3 is 1.85 bits per heavy atom. The third-order valence-electron chi connectivity index (χ3n) is 12.9. The van der Waals surface area contributed by atoms with Crippen LogP contribution in [0.25, 0.3) is 0 Å². The number of hydrogen-bond donors (Lipinski definition) is 0. The Morgan fingerprint density at radius 2 is 1.34 bits per heavy atom. The van der Waals surface area contributed by atoms with E-state index in [2.05, 4.69) is 148 Å². The van der Waals surface area contributed by atoms with E-state index < -0.39 is 13.9 Å². The molecule has 4 nitrogen and oxygen atoms in total. The summed E-state index contributed by atoms with van der Waals surface area (Å²) in [5, 5.41) is 2.29. The molecule has 0 bridgehead atoms. The Labute approximate surface area is 391 Å². The van der Waals surface area contributed by atoms with Gasteiger partial charge in [0.05, 0.1) is 21.3 Å². The van der Waals surface area contributed by atoms with Crippen molar-refractivity contribution in [2.45, 2.75) is 208 Å². The lowest BCUT2D eigenvalue weighted by molar-refractivity contribution is -0.126. The minimum atomic E-state index is -1.74. The molecule has 1 aromatic rings. The molecule has 0 aromatic heterocycles. The predicted octanol–water partition coefficient (Wildman–Crippen LogP) is 15.4. The van der Waals surface area contributed by atoms with E-state index >= 15 is 0 Å². The first-order valence-electron chi connectivity index (χ1n) is 23.4. The maximum absolute atomic E-state index is 11.6. The second-order valence-corrected chi connectivity index (χ2v) is 25.2. The highest BCUT2D eigenvalue weighted by Crippen LogP contribution is 2.53. The zero-order chi connectivity index (χ0) is 45.4. The molecule has 6 heteroatoms. The first-order valence-corrected chi connectivity index (χ1v) is 25.6. The van der Waals surface area contributed by atoms with E-state index in [4.69, 9.17) is 9.47 Å². The topological polar surface area (TPSA) is 52.6 Å². The van der Waals surface area contributed by atoms with Gasteiger partial charge in [0.15, 0.2) is 11.6 Å². The molecule has 0 radical (unpaired) electrons. The van der Waals surface area contributed by atoms with Crippen LogP contribution in [0.5, 0.6) is 0 Å². The lowest BCUT2D eigenvalue weighted by Crippen LogP contribution is -2.61. The predicted molar refractivity (Wildman–Crippen MR) is 279 cm³/mol. The van der Waals surface area contributed by atoms with Gasteiger partial charge in [0.1, 0.15) is 6.29 Å². The molecule has 1 spiro atoms. The highest BCUT2D eigenvalue weighted by atomic mass is 32.1. The van der Waals surface area contributed by atoms with Crippen molar-refractivity contribution < 1.29 is 21.9 Å². The van der Waals surface area contributed by atoms with Crippen molar-refractivity contribution in [2.75, 3.05) is 13.2 Å². The standard InChI is InChI=1S/C25H40Si.C20H28O.C11H16O3.H2S.2H2/c1-9-10-11-13-17-22(2)18-16-21-26(24(3,4)5,25(6,7)8)23-19-14-12-15-20-23;1-4-5-6-9-12-17(2)13-10-7-8-11-14-19-18(3)15-16-20(19)21;1-9-4-5-11(13-7-8-14-11)10(9)3-2-6-12;;;/h12,14-15,17,19-20H,11,13,16,18,21H2,1-8H3;7-8,12H,6,9-11,13-16H2,1-3H3;6H,2-5,7-8H2,1H3;1H2;2*1H/b22-17+;8-7+,17-12+;;;;/i;;;;1+2;. The molecule has 0 N–H and O–H groups in total. The number of benzene rings is 1. The molecule has 0 amide bonds. The number of Topliss-reactive ketones (excluding diaryl/α,β-unsaturated/α-hetero) is 1. The number of hydrogen-bond acceptors (Lipinski definition) is 4. The molecule has 3 aliphatic rings. The van der Waals surface area contributed by atoms with Crippen molar-refractivity contribution in [2.24, 2.45) is 0 Å². The molecule has 0 atom stereocenters. The maximum Gasteiger partial charge on any atom is 0.191 e. The van der Waals surface area contributed by atoms with Gasteiger partial charge in [-0.1, -0.05) is 136 Å². The summed E-state index contributed by atoms with van der Waals surface area (Å²) in [7, 11) is -1.74. The monoisotopic (exact) mass is 889 g/mol. The van der Waals surface area contributed by atoms with Crippen molar-refractivity contribution in [3.63, 3.8) is 0 Å². The van der Waals surface area contributed by atoms with Crippen molar-refractivity contribution in [3.05, 3.63) is 88.1 Å². The fraction of sp³-hybridized carbons (Fsp3) is 0.607. The quantitative estimate of drug-likeness (QED) is 0.0484. The molecule has 1 aromatic carbocycles. The highest BCUT2D eigenvalue weighted by Gasteiger charge is 2.53. The lowest BCUT2D eigenvalue weighted by atomic mass is 10.0. The van der Waals surface area contributed by atoms with Crippen LogP contribution in [-0.2, 0) is 19.1 Å². The molecule has 0 unspecified atom stereocenters. The van der Waals surface area contributed by atoms with Gasteiger partial charge in [-0.15, -0.1) is 23.7 Å². The smallest absolute Gasteiger partial charge is 0.191 e. The Balaban J connectivity index is 0. The van der Waals surface area contributed by atoms with E-state index in [9.17, 15) is 9.59 Å². The zero-order valence-electron chi connectivity index (χ0n) is 41.3. The fourth-order valence-corrected chi connectivity index (χ4v) is 17.0. The molecule has 4 rings (SSSR count). The summed E-state index contributed by atoms with van der Waals surface area (Å²) in [6.07, 6.45) is 25.9. The average molecular weight is 889 g/mol. The van der Waals surface area contributed by atoms with Crippen LogP contribution in [0.1, 0.15) is 189 Å². The molecule has 1 fully saturated rings. The van der Waals surface area contributed by atoms with Gasteiger partial charge in [-0.25, -0.2) is 0 Å². The first kappa shape index (κ1) is 56.9. The third kappa shape index (κ3) is 18.2. The van der Waals surface area contributed by atoms with E-state index in [0.717, 1.165) is 95.3 Å². The van der Waals surface area contributed by atoms with Crippen molar-refractivity contribution in [3.8, 4) is 23.7 Å². The van der Waals surface area contributed by atoms with Gasteiger partial charge in [0.2, 0.25) is 0 Å². The number of carbonyl (C=O) groups excluding carboxylic acids is 2. The third-order valence-corrected chi connectivity index (χ3v) is 20.5. The fourth-order valence-electron chi connectivity index (χ4n) is 9.80. The van der Waals surface area contributed by atoms with Crippen LogP contribution in [0.2, 0.25) is 16.1 Å². The Morgan fingerprint density at radius 1 is 0.774 bits per heavy atom. The van der Waals surface area contributed by atoms with Crippen LogP contribution < -0.4 is 5.19 Å². The summed E-state index contributed by atoms with van der Waals surface area (Å²) in [6, 6.07) is 12.8. The number of allylic oxidation sites excluding steroid dienone is 9. The van der Waals surface area contributed by atoms with E-state index in [1.807, 2.05) is 13.8 Å². The van der Waals surface area contributed by atoms with Gasteiger partial charge in [-0.2, -0.15) is 13.5 Å². The molecule has 0 saturated carbocycles. The van der Waals surface area contributed by atoms with Gasteiger partial charge in [0, 0.05) is 35.0 Å². The van der Waals surface area contributed by atoms with E-state index in [0.29, 0.717) is 35.5 Å². The highest BCUT2D eigenvalue weighted by molar-refractivity contribution is 7.59. The van der Waals surface area contributed by atoms with Crippen LogP contribution >= 0.6 is 13.5 Å². The number of ketones is 1. The average Bonchev–Trinajstić information content (AvgIpc) is 3.91. The van der Waals surface area contributed by atoms with E-state index in [1.165, 1.54) is 46.8 Å². The van der Waals surface area contributed by atoms with Crippen LogP contribution in [0.3, 0.4) is 0 Å². The summed E-state index contributed by atoms with van der Waals surface area (Å²) in [5.41, 5.74) is 7.93. The van der Waals surface area contributed by atoms with Crippen LogP contribution in [0, 0.1) is 23.7 Å². The minimum absolute atomic E-state index is 0. The SMILES string of the molecule is CC#CCC/C=C(\C)CC/C=C/CCC1=C(C)CCC1=O.CC#CCC/C=C(\C)CCC[Si](c1ccccc1)(C(C)(C)C)C(C)(C)C.CC1=C(CCC=O)C2(CC1)OCCO2.S.[3HH].[HH]. The van der Waals surface area contributed by atoms with Crippen molar-refractivity contribution in [1.29, 1.82) is 0 Å². The first-order chi connectivity index (χ1) is 29.0. The summed E-state index contributed by atoms with van der Waals surface area (Å²) in [4.78, 5) is 22.0. The van der Waals surface area contributed by atoms with Crippen LogP contribution in [0.4, 0.5) is 0 Å². The van der Waals surface area contributed by atoms with Gasteiger partial charge < -0.3 is 14.3 Å². The molecule has 1 saturated heterocycles. The Bertz CT molecular complexity index is 1800. The molecule has 348 valence electrons. The van der Waals surface area contributed by atoms with E-state index in [1.54, 1.807) is 5.19 Å². The van der Waals surface area contributed by atoms with Crippen LogP contribution in [0.15, 0.2) is 88.1 Å². The summed E-state index contributed by atoms with van der Waals surface area (Å²) >= 11 is 0. The zero-order valence-corrected chi connectivity index (χ0v) is 43.3. The second kappa shape index (κ2) is 29.3. The lowest BCUT2D eigenvalue weighted by Gasteiger charge is -2.53. The largest absolute Gasteiger partial charge is 0.344 e. The van der Waals surface area contributed by atoms with Crippen LogP contribution in [-0.4, -0.2) is 39.1 Å². The maximum atomic E-state index is 11.6. The van der Waals surface area contributed by atoms with Gasteiger partial charge in [-0.05, 0) is 127 Å². The molecule has 62 heavy (non-hydrogen) atoms. The Kier molecular flexibility index (Phi) is 26.9. The number of unbranched alkanes of at least 4 members (excludes halogenated alkanes) is 2. The number of ether oxygens (including phenoxy) is 2. The molecule has 1 heterocycles. The number of rotatable bonds is 18. The Hall–Kier alpha value is -3.13. The molecular formula is C56H90O4SSi. The summed E-state index contributed by atoms with van der Waals surface area (Å²) < 4.78 is 11.4. The van der Waals surface area contributed by atoms with Gasteiger partial charge >= 0.3 is 0 Å². The van der Waals surface area contributed by atoms with Gasteiger partial charge in [-0.3, -0.25) is 4.79 Å². The minimum Gasteiger partial charge on any atom is -0.344 e. The number of carbonyl (C=O) groups is 2. The molecule has 1 aliphatic heterocycles. The van der Waals surface area contributed by atoms with Gasteiger partial charge in [0.25, 0.3) is 0 Å². The van der Waals surface area contributed by atoms with Crippen molar-refractivity contribution in [1.82, 2.24) is 0 Å². The summed E-state index contributed by atoms with van der Waals surface area (Å²) in [6.45, 7) is 28.7. The second-order valence-electron chi connectivity index (χ2n) is 19.3. The number of aldehydes is 1.